The summed E-state index contributed by atoms with van der Waals surface area (Å²) in [5.41, 5.74) is 0.784. The summed E-state index contributed by atoms with van der Waals surface area (Å²) in [5.74, 6) is -0.191. The van der Waals surface area contributed by atoms with Gasteiger partial charge in [-0.3, -0.25) is 9.69 Å². The normalized spacial score (nSPS) is 18.3. The second-order valence-electron chi connectivity index (χ2n) is 4.23. The first kappa shape index (κ1) is 13.4. The molecule has 1 aliphatic heterocycles. The van der Waals surface area contributed by atoms with Gasteiger partial charge in [-0.2, -0.15) is 0 Å². The van der Waals surface area contributed by atoms with Gasteiger partial charge < -0.3 is 15.4 Å². The number of amides is 3. The van der Waals surface area contributed by atoms with Crippen LogP contribution in [0.25, 0.3) is 0 Å². The zero-order valence-corrected chi connectivity index (χ0v) is 10.8. The van der Waals surface area contributed by atoms with Gasteiger partial charge in [0.25, 0.3) is 0 Å². The molecule has 0 saturated carbocycles. The summed E-state index contributed by atoms with van der Waals surface area (Å²) in [6, 6.07) is 8.49. The van der Waals surface area contributed by atoms with Crippen LogP contribution in [0.2, 0.25) is 0 Å². The van der Waals surface area contributed by atoms with Crippen molar-refractivity contribution >= 4 is 17.6 Å². The SMILES string of the molecule is COCCNC(=O)C1CN(c2ccccc2)C(=O)N1. The lowest BCUT2D eigenvalue weighted by atomic mass is 10.2. The molecule has 1 aromatic carbocycles. The molecule has 19 heavy (non-hydrogen) atoms. The number of nitrogens with one attached hydrogen (secondary N) is 2. The van der Waals surface area contributed by atoms with Crippen LogP contribution in [0, 0.1) is 0 Å². The number of nitrogens with zero attached hydrogens (tertiary/aromatic N) is 1. The van der Waals surface area contributed by atoms with Crippen molar-refractivity contribution in [1.82, 2.24) is 10.6 Å². The Kier molecular flexibility index (Phi) is 4.35. The maximum absolute atomic E-state index is 11.8. The molecule has 1 atom stereocenters. The minimum atomic E-state index is -0.524. The molecule has 0 radical (unpaired) electrons. The molecule has 1 saturated heterocycles. The van der Waals surface area contributed by atoms with Crippen LogP contribution in [0.1, 0.15) is 0 Å². The van der Waals surface area contributed by atoms with Crippen LogP contribution in [-0.2, 0) is 9.53 Å². The van der Waals surface area contributed by atoms with E-state index in [9.17, 15) is 9.59 Å². The summed E-state index contributed by atoms with van der Waals surface area (Å²) < 4.78 is 4.85. The molecule has 6 nitrogen and oxygen atoms in total. The number of ether oxygens (including phenoxy) is 1. The average Bonchev–Trinajstić information content (AvgIpc) is 2.82. The van der Waals surface area contributed by atoms with Crippen LogP contribution >= 0.6 is 0 Å². The van der Waals surface area contributed by atoms with Crippen LogP contribution in [0.3, 0.4) is 0 Å². The summed E-state index contributed by atoms with van der Waals surface area (Å²) in [6.45, 7) is 1.23. The molecule has 1 unspecified atom stereocenters. The lowest BCUT2D eigenvalue weighted by Crippen LogP contribution is -2.43. The Morgan fingerprint density at radius 1 is 1.47 bits per heavy atom. The Balaban J connectivity index is 1.94. The van der Waals surface area contributed by atoms with Crippen molar-refractivity contribution in [2.45, 2.75) is 6.04 Å². The third-order valence-corrected chi connectivity index (χ3v) is 2.90. The molecule has 0 bridgehead atoms. The van der Waals surface area contributed by atoms with Crippen molar-refractivity contribution in [3.8, 4) is 0 Å². The van der Waals surface area contributed by atoms with E-state index in [1.165, 1.54) is 0 Å². The number of carbonyl (C=O) groups excluding carboxylic acids is 2. The first-order valence-electron chi connectivity index (χ1n) is 6.12. The number of para-hydroxylation sites is 1. The standard InChI is InChI=1S/C13H17N3O3/c1-19-8-7-14-12(17)11-9-16(13(18)15-11)10-5-3-2-4-6-10/h2-6,11H,7-9H2,1H3,(H,14,17)(H,15,18). The Morgan fingerprint density at radius 3 is 2.89 bits per heavy atom. The zero-order valence-electron chi connectivity index (χ0n) is 10.8. The average molecular weight is 263 g/mol. The van der Waals surface area contributed by atoms with Crippen molar-refractivity contribution in [3.05, 3.63) is 30.3 Å². The highest BCUT2D eigenvalue weighted by atomic mass is 16.5. The minimum Gasteiger partial charge on any atom is -0.383 e. The van der Waals surface area contributed by atoms with Gasteiger partial charge in [-0.15, -0.1) is 0 Å². The fourth-order valence-corrected chi connectivity index (χ4v) is 1.92. The molecule has 6 heteroatoms. The minimum absolute atomic E-state index is 0.191. The molecule has 1 fully saturated rings. The second-order valence-corrected chi connectivity index (χ2v) is 4.23. The highest BCUT2D eigenvalue weighted by molar-refractivity contribution is 6.00. The highest BCUT2D eigenvalue weighted by Crippen LogP contribution is 2.17. The fourth-order valence-electron chi connectivity index (χ4n) is 1.92. The van der Waals surface area contributed by atoms with Gasteiger partial charge in [-0.25, -0.2) is 4.79 Å². The number of carbonyl (C=O) groups is 2. The molecule has 0 aromatic heterocycles. The van der Waals surface area contributed by atoms with Gasteiger partial charge in [0.2, 0.25) is 5.91 Å². The van der Waals surface area contributed by atoms with Crippen LogP contribution < -0.4 is 15.5 Å². The second kappa shape index (κ2) is 6.19. The van der Waals surface area contributed by atoms with Crippen molar-refractivity contribution in [2.24, 2.45) is 0 Å². The lowest BCUT2D eigenvalue weighted by molar-refractivity contribution is -0.122. The van der Waals surface area contributed by atoms with E-state index in [0.717, 1.165) is 5.69 Å². The molecule has 0 spiro atoms. The molecule has 3 amide bonds. The molecular formula is C13H17N3O3. The Labute approximate surface area is 111 Å². The molecule has 1 aliphatic rings. The largest absolute Gasteiger partial charge is 0.383 e. The van der Waals surface area contributed by atoms with Crippen molar-refractivity contribution in [1.29, 1.82) is 0 Å². The van der Waals surface area contributed by atoms with Crippen LogP contribution in [0.5, 0.6) is 0 Å². The maximum Gasteiger partial charge on any atom is 0.322 e. The summed E-state index contributed by atoms with van der Waals surface area (Å²) in [6.07, 6.45) is 0. The fraction of sp³-hybridized carbons (Fsp3) is 0.385. The van der Waals surface area contributed by atoms with Gasteiger partial charge in [-0.1, -0.05) is 18.2 Å². The van der Waals surface area contributed by atoms with Crippen LogP contribution in [-0.4, -0.2) is 44.8 Å². The zero-order chi connectivity index (χ0) is 13.7. The number of anilines is 1. The van der Waals surface area contributed by atoms with Crippen LogP contribution in [0.4, 0.5) is 10.5 Å². The number of benzene rings is 1. The number of methoxy groups -OCH3 is 1. The first-order chi connectivity index (χ1) is 9.22. The van der Waals surface area contributed by atoms with Crippen LogP contribution in [0.15, 0.2) is 30.3 Å². The predicted molar refractivity (Wildman–Crippen MR) is 71.0 cm³/mol. The number of rotatable bonds is 5. The van der Waals surface area contributed by atoms with Crippen molar-refractivity contribution in [2.75, 3.05) is 31.7 Å². The van der Waals surface area contributed by atoms with E-state index in [0.29, 0.717) is 19.7 Å². The number of urea groups is 1. The van der Waals surface area contributed by atoms with Gasteiger partial charge >= 0.3 is 6.03 Å². The molecule has 2 N–H and O–H groups in total. The van der Waals surface area contributed by atoms with E-state index in [4.69, 9.17) is 4.74 Å². The van der Waals surface area contributed by atoms with E-state index >= 15 is 0 Å². The smallest absolute Gasteiger partial charge is 0.322 e. The summed E-state index contributed by atoms with van der Waals surface area (Å²) in [5, 5.41) is 5.38. The predicted octanol–water partition coefficient (Wildman–Crippen LogP) is 0.347. The molecule has 0 aliphatic carbocycles. The van der Waals surface area contributed by atoms with E-state index in [1.54, 1.807) is 12.0 Å². The molecule has 1 aromatic rings. The Hall–Kier alpha value is -2.08. The summed E-state index contributed by atoms with van der Waals surface area (Å²) in [7, 11) is 1.57. The monoisotopic (exact) mass is 263 g/mol. The van der Waals surface area contributed by atoms with Gasteiger partial charge in [0.1, 0.15) is 6.04 Å². The Bertz CT molecular complexity index is 450. The quantitative estimate of drug-likeness (QED) is 0.753. The first-order valence-corrected chi connectivity index (χ1v) is 6.12. The summed E-state index contributed by atoms with van der Waals surface area (Å²) >= 11 is 0. The van der Waals surface area contributed by atoms with Crippen molar-refractivity contribution < 1.29 is 14.3 Å². The molecule has 2 rings (SSSR count). The molecular weight excluding hydrogens is 246 g/mol. The van der Waals surface area contributed by atoms with Gasteiger partial charge in [0.15, 0.2) is 0 Å². The van der Waals surface area contributed by atoms with E-state index < -0.39 is 6.04 Å². The van der Waals surface area contributed by atoms with E-state index in [2.05, 4.69) is 10.6 Å². The van der Waals surface area contributed by atoms with E-state index in [1.807, 2.05) is 30.3 Å². The number of hydrogen-bond acceptors (Lipinski definition) is 3. The van der Waals surface area contributed by atoms with Crippen molar-refractivity contribution in [3.63, 3.8) is 0 Å². The van der Waals surface area contributed by atoms with Gasteiger partial charge in [0.05, 0.1) is 13.2 Å². The molecule has 1 heterocycles. The Morgan fingerprint density at radius 2 is 2.21 bits per heavy atom. The van der Waals surface area contributed by atoms with Gasteiger partial charge in [-0.05, 0) is 12.1 Å². The highest BCUT2D eigenvalue weighted by Gasteiger charge is 2.33. The lowest BCUT2D eigenvalue weighted by Gasteiger charge is -2.14. The molecule has 102 valence electrons. The number of hydrogen-bond donors (Lipinski definition) is 2. The third-order valence-electron chi connectivity index (χ3n) is 2.90. The topological polar surface area (TPSA) is 70.7 Å². The van der Waals surface area contributed by atoms with Gasteiger partial charge in [0, 0.05) is 19.3 Å². The maximum atomic E-state index is 11.8. The summed E-state index contributed by atoms with van der Waals surface area (Å²) in [4.78, 5) is 25.2. The van der Waals surface area contributed by atoms with E-state index in [-0.39, 0.29) is 11.9 Å². The third kappa shape index (κ3) is 3.23.